The van der Waals surface area contributed by atoms with E-state index in [9.17, 15) is 0 Å². The van der Waals surface area contributed by atoms with Gasteiger partial charge in [0.05, 0.1) is 0 Å². The SMILES string of the molecule is Cc1ccc(N2c3ccc(C=C(c4ccccc4)c4ccccc4)cc3[C@@H]3CCC[C@@H]32)cc1. The third kappa shape index (κ3) is 3.68. The summed E-state index contributed by atoms with van der Waals surface area (Å²) in [4.78, 5) is 2.61. The van der Waals surface area contributed by atoms with Crippen molar-refractivity contribution in [2.24, 2.45) is 0 Å². The van der Waals surface area contributed by atoms with Crippen LogP contribution in [-0.2, 0) is 0 Å². The average molecular weight is 428 g/mol. The lowest BCUT2D eigenvalue weighted by Crippen LogP contribution is -2.26. The Morgan fingerprint density at radius 3 is 2.09 bits per heavy atom. The van der Waals surface area contributed by atoms with Crippen LogP contribution in [0.15, 0.2) is 103 Å². The van der Waals surface area contributed by atoms with Gasteiger partial charge in [-0.3, -0.25) is 0 Å². The molecule has 0 N–H and O–H groups in total. The summed E-state index contributed by atoms with van der Waals surface area (Å²) < 4.78 is 0. The highest BCUT2D eigenvalue weighted by Gasteiger charge is 2.42. The lowest BCUT2D eigenvalue weighted by molar-refractivity contribution is 0.642. The number of aryl methyl sites for hydroxylation is 1. The molecule has 1 nitrogen and oxygen atoms in total. The molecule has 1 saturated carbocycles. The summed E-state index contributed by atoms with van der Waals surface area (Å²) in [7, 11) is 0. The Labute approximate surface area is 197 Å². The average Bonchev–Trinajstić information content (AvgIpc) is 3.45. The number of nitrogens with zero attached hydrogens (tertiary/aromatic N) is 1. The smallest absolute Gasteiger partial charge is 0.0450 e. The molecule has 4 aromatic carbocycles. The van der Waals surface area contributed by atoms with Crippen LogP contribution in [0.25, 0.3) is 11.6 Å². The van der Waals surface area contributed by atoms with Crippen molar-refractivity contribution in [2.75, 3.05) is 4.90 Å². The first-order valence-electron chi connectivity index (χ1n) is 12.1. The Bertz CT molecular complexity index is 1240. The molecule has 1 heterocycles. The van der Waals surface area contributed by atoms with E-state index in [-0.39, 0.29) is 0 Å². The second kappa shape index (κ2) is 8.41. The fraction of sp³-hybridized carbons (Fsp3) is 0.188. The molecule has 6 rings (SSSR count). The Morgan fingerprint density at radius 2 is 1.42 bits per heavy atom. The number of hydrogen-bond donors (Lipinski definition) is 0. The van der Waals surface area contributed by atoms with Crippen LogP contribution in [0, 0.1) is 6.92 Å². The molecule has 2 aliphatic rings. The van der Waals surface area contributed by atoms with Crippen LogP contribution in [0.4, 0.5) is 11.4 Å². The second-order valence-corrected chi connectivity index (χ2v) is 9.42. The van der Waals surface area contributed by atoms with Gasteiger partial charge in [-0.25, -0.2) is 0 Å². The van der Waals surface area contributed by atoms with E-state index >= 15 is 0 Å². The summed E-state index contributed by atoms with van der Waals surface area (Å²) in [5.41, 5.74) is 10.6. The Morgan fingerprint density at radius 1 is 0.758 bits per heavy atom. The molecule has 1 aliphatic heterocycles. The monoisotopic (exact) mass is 427 g/mol. The van der Waals surface area contributed by atoms with Crippen LogP contribution in [0.2, 0.25) is 0 Å². The Hall–Kier alpha value is -3.58. The molecule has 0 unspecified atom stereocenters. The van der Waals surface area contributed by atoms with Gasteiger partial charge in [0, 0.05) is 23.3 Å². The summed E-state index contributed by atoms with van der Waals surface area (Å²) in [5.74, 6) is 0.631. The highest BCUT2D eigenvalue weighted by atomic mass is 15.2. The molecule has 2 atom stereocenters. The maximum atomic E-state index is 2.61. The summed E-state index contributed by atoms with van der Waals surface area (Å²) in [6.45, 7) is 2.16. The minimum Gasteiger partial charge on any atom is -0.338 e. The summed E-state index contributed by atoms with van der Waals surface area (Å²) in [6, 6.07) is 38.2. The zero-order chi connectivity index (χ0) is 22.2. The van der Waals surface area contributed by atoms with Crippen LogP contribution >= 0.6 is 0 Å². The van der Waals surface area contributed by atoms with Crippen LogP contribution in [0.1, 0.15) is 53.0 Å². The molecule has 4 aromatic rings. The minimum atomic E-state index is 0.588. The first-order valence-corrected chi connectivity index (χ1v) is 12.1. The van der Waals surface area contributed by atoms with Gasteiger partial charge in [0.15, 0.2) is 0 Å². The third-order valence-electron chi connectivity index (χ3n) is 7.31. The van der Waals surface area contributed by atoms with E-state index in [1.807, 2.05) is 0 Å². The van der Waals surface area contributed by atoms with Gasteiger partial charge in [-0.15, -0.1) is 0 Å². The molecule has 0 bridgehead atoms. The fourth-order valence-corrected chi connectivity index (χ4v) is 5.74. The second-order valence-electron chi connectivity index (χ2n) is 9.42. The number of hydrogen-bond acceptors (Lipinski definition) is 1. The fourth-order valence-electron chi connectivity index (χ4n) is 5.74. The maximum absolute atomic E-state index is 2.61. The lowest BCUT2D eigenvalue weighted by Gasteiger charge is -2.27. The van der Waals surface area contributed by atoms with Gasteiger partial charge in [0.2, 0.25) is 0 Å². The predicted octanol–water partition coefficient (Wildman–Crippen LogP) is 8.37. The molecule has 1 heteroatoms. The van der Waals surface area contributed by atoms with Gasteiger partial charge in [0.1, 0.15) is 0 Å². The van der Waals surface area contributed by atoms with E-state index in [1.165, 1.54) is 64.0 Å². The zero-order valence-corrected chi connectivity index (χ0v) is 19.1. The van der Waals surface area contributed by atoms with Crippen molar-refractivity contribution in [3.63, 3.8) is 0 Å². The molecule has 33 heavy (non-hydrogen) atoms. The van der Waals surface area contributed by atoms with Crippen LogP contribution < -0.4 is 4.90 Å². The highest BCUT2D eigenvalue weighted by Crippen LogP contribution is 2.52. The minimum absolute atomic E-state index is 0.588. The molecule has 162 valence electrons. The molecule has 1 aliphatic carbocycles. The van der Waals surface area contributed by atoms with Gasteiger partial charge < -0.3 is 4.90 Å². The maximum Gasteiger partial charge on any atom is 0.0450 e. The van der Waals surface area contributed by atoms with E-state index in [4.69, 9.17) is 0 Å². The molecule has 0 amide bonds. The van der Waals surface area contributed by atoms with E-state index in [1.54, 1.807) is 0 Å². The van der Waals surface area contributed by atoms with Gasteiger partial charge in [-0.05, 0) is 77.9 Å². The largest absolute Gasteiger partial charge is 0.338 e. The molecule has 0 aromatic heterocycles. The molecular formula is C32H29N. The zero-order valence-electron chi connectivity index (χ0n) is 19.1. The number of anilines is 2. The highest BCUT2D eigenvalue weighted by molar-refractivity contribution is 5.92. The van der Waals surface area contributed by atoms with Gasteiger partial charge in [-0.2, -0.15) is 0 Å². The molecular weight excluding hydrogens is 398 g/mol. The van der Waals surface area contributed by atoms with Crippen LogP contribution in [-0.4, -0.2) is 6.04 Å². The molecule has 0 spiro atoms. The van der Waals surface area contributed by atoms with E-state index in [2.05, 4.69) is 121 Å². The van der Waals surface area contributed by atoms with Gasteiger partial charge in [0.25, 0.3) is 0 Å². The summed E-state index contributed by atoms with van der Waals surface area (Å²) in [6.07, 6.45) is 6.25. The topological polar surface area (TPSA) is 3.24 Å². The standard InChI is InChI=1S/C32H29N/c1-23-15-18-27(19-16-23)33-31-14-8-13-28(31)30-22-24(17-20-32(30)33)21-29(25-9-4-2-5-10-25)26-11-6-3-7-12-26/h2-7,9-12,15-22,28,31H,8,13-14H2,1H3/t28-,31-/m0/s1. The van der Waals surface area contributed by atoms with Gasteiger partial charge >= 0.3 is 0 Å². The van der Waals surface area contributed by atoms with Crippen molar-refractivity contribution in [1.29, 1.82) is 0 Å². The van der Waals surface area contributed by atoms with Crippen LogP contribution in [0.5, 0.6) is 0 Å². The van der Waals surface area contributed by atoms with Crippen molar-refractivity contribution in [2.45, 2.75) is 38.1 Å². The quantitative estimate of drug-likeness (QED) is 0.296. The molecule has 0 saturated heterocycles. The first kappa shape index (κ1) is 20.1. The Balaban J connectivity index is 1.45. The molecule has 1 fully saturated rings. The summed E-state index contributed by atoms with van der Waals surface area (Å²) in [5, 5.41) is 0. The number of rotatable bonds is 4. The number of fused-ring (bicyclic) bond motifs is 3. The Kier molecular flexibility index (Phi) is 5.11. The van der Waals surface area contributed by atoms with Crippen molar-refractivity contribution < 1.29 is 0 Å². The first-order chi connectivity index (χ1) is 16.3. The summed E-state index contributed by atoms with van der Waals surface area (Å²) >= 11 is 0. The van der Waals surface area contributed by atoms with Crippen molar-refractivity contribution in [3.8, 4) is 0 Å². The lowest BCUT2D eigenvalue weighted by atomic mass is 9.93. The predicted molar refractivity (Wildman–Crippen MR) is 140 cm³/mol. The van der Waals surface area contributed by atoms with Crippen molar-refractivity contribution >= 4 is 23.0 Å². The number of benzene rings is 4. The van der Waals surface area contributed by atoms with Crippen molar-refractivity contribution in [1.82, 2.24) is 0 Å². The van der Waals surface area contributed by atoms with E-state index < -0.39 is 0 Å². The molecule has 0 radical (unpaired) electrons. The van der Waals surface area contributed by atoms with E-state index in [0.29, 0.717) is 12.0 Å². The van der Waals surface area contributed by atoms with E-state index in [0.717, 1.165) is 0 Å². The van der Waals surface area contributed by atoms with Crippen molar-refractivity contribution in [3.05, 3.63) is 131 Å². The van der Waals surface area contributed by atoms with Gasteiger partial charge in [-0.1, -0.05) is 90.8 Å². The normalized spacial score (nSPS) is 18.6. The third-order valence-corrected chi connectivity index (χ3v) is 7.31. The van der Waals surface area contributed by atoms with Crippen LogP contribution in [0.3, 0.4) is 0 Å².